The number of hydrogen-bond acceptors (Lipinski definition) is 1. The van der Waals surface area contributed by atoms with Crippen molar-refractivity contribution in [3.8, 4) is 0 Å². The molecule has 0 saturated heterocycles. The lowest BCUT2D eigenvalue weighted by Crippen LogP contribution is -2.00. The molecule has 1 N–H and O–H groups in total. The molecule has 4 heteroatoms. The normalized spacial score (nSPS) is 10.9. The van der Waals surface area contributed by atoms with E-state index in [1.54, 1.807) is 6.07 Å². The number of aliphatic carboxylic acids is 1. The molecular weight excluding hydrogens is 226 g/mol. The molecule has 0 spiro atoms. The Labute approximate surface area is 98.3 Å². The van der Waals surface area contributed by atoms with E-state index in [4.69, 9.17) is 16.7 Å². The fourth-order valence-electron chi connectivity index (χ4n) is 1.92. The predicted molar refractivity (Wildman–Crippen MR) is 64.0 cm³/mol. The van der Waals surface area contributed by atoms with Gasteiger partial charge >= 0.3 is 5.97 Å². The first kappa shape index (κ1) is 11.0. The quantitative estimate of drug-likeness (QED) is 0.873. The highest BCUT2D eigenvalue weighted by molar-refractivity contribution is 6.35. The van der Waals surface area contributed by atoms with Crippen LogP contribution >= 0.6 is 11.6 Å². The number of hydrogen-bond donors (Lipinski definition) is 1. The van der Waals surface area contributed by atoms with Crippen molar-refractivity contribution in [2.45, 2.75) is 13.3 Å². The lowest BCUT2D eigenvalue weighted by Gasteiger charge is -2.03. The molecule has 0 atom stereocenters. The van der Waals surface area contributed by atoms with E-state index >= 15 is 0 Å². The maximum atomic E-state index is 10.6. The molecular formula is C12H12ClNO2. The van der Waals surface area contributed by atoms with Crippen LogP contribution < -0.4 is 0 Å². The first-order valence-electron chi connectivity index (χ1n) is 4.95. The summed E-state index contributed by atoms with van der Waals surface area (Å²) in [6.07, 6.45) is 0.00357. The van der Waals surface area contributed by atoms with Gasteiger partial charge in [-0.05, 0) is 30.7 Å². The minimum Gasteiger partial charge on any atom is -0.481 e. The van der Waals surface area contributed by atoms with Crippen LogP contribution in [0.15, 0.2) is 18.2 Å². The molecule has 0 unspecified atom stereocenters. The van der Waals surface area contributed by atoms with Gasteiger partial charge in [-0.15, -0.1) is 0 Å². The molecule has 2 aromatic rings. The molecule has 0 amide bonds. The average molecular weight is 238 g/mol. The standard InChI is InChI=1S/C12H12ClNO2/c1-7-3-9-4-8(6-11(15)16)5-10(13)12(9)14(7)2/h3-5H,6H2,1-2H3,(H,15,16). The third-order valence-corrected chi connectivity index (χ3v) is 3.02. The zero-order chi connectivity index (χ0) is 11.9. The Hall–Kier alpha value is -1.48. The van der Waals surface area contributed by atoms with E-state index < -0.39 is 5.97 Å². The molecule has 0 fully saturated rings. The number of carbonyl (C=O) groups is 1. The maximum Gasteiger partial charge on any atom is 0.307 e. The Balaban J connectivity index is 2.63. The number of nitrogens with zero attached hydrogens (tertiary/aromatic N) is 1. The van der Waals surface area contributed by atoms with Crippen molar-refractivity contribution in [2.24, 2.45) is 7.05 Å². The van der Waals surface area contributed by atoms with Crippen LogP contribution in [0.25, 0.3) is 10.9 Å². The summed E-state index contributed by atoms with van der Waals surface area (Å²) in [4.78, 5) is 10.6. The molecule has 1 aromatic carbocycles. The monoisotopic (exact) mass is 237 g/mol. The Morgan fingerprint density at radius 1 is 1.44 bits per heavy atom. The smallest absolute Gasteiger partial charge is 0.307 e. The SMILES string of the molecule is Cc1cc2cc(CC(=O)O)cc(Cl)c2n1C. The minimum absolute atomic E-state index is 0.00357. The molecule has 2 rings (SSSR count). The lowest BCUT2D eigenvalue weighted by molar-refractivity contribution is -0.136. The second-order valence-electron chi connectivity index (χ2n) is 3.93. The molecule has 16 heavy (non-hydrogen) atoms. The van der Waals surface area contributed by atoms with Gasteiger partial charge in [0, 0.05) is 18.1 Å². The van der Waals surface area contributed by atoms with Gasteiger partial charge in [0.1, 0.15) is 0 Å². The van der Waals surface area contributed by atoms with Crippen LogP contribution in [-0.2, 0) is 18.3 Å². The van der Waals surface area contributed by atoms with Crippen molar-refractivity contribution >= 4 is 28.5 Å². The van der Waals surface area contributed by atoms with Crippen molar-refractivity contribution in [3.05, 3.63) is 34.5 Å². The van der Waals surface area contributed by atoms with E-state index in [1.807, 2.05) is 30.7 Å². The van der Waals surface area contributed by atoms with Crippen LogP contribution in [0.4, 0.5) is 0 Å². The number of aromatic nitrogens is 1. The summed E-state index contributed by atoms with van der Waals surface area (Å²) < 4.78 is 2.00. The van der Waals surface area contributed by atoms with E-state index in [0.717, 1.165) is 22.2 Å². The van der Waals surface area contributed by atoms with Gasteiger partial charge in [0.05, 0.1) is 17.0 Å². The number of fused-ring (bicyclic) bond motifs is 1. The second-order valence-corrected chi connectivity index (χ2v) is 4.34. The van der Waals surface area contributed by atoms with Gasteiger partial charge in [0.25, 0.3) is 0 Å². The third kappa shape index (κ3) is 1.78. The zero-order valence-electron chi connectivity index (χ0n) is 9.12. The molecule has 3 nitrogen and oxygen atoms in total. The second kappa shape index (κ2) is 3.83. The van der Waals surface area contributed by atoms with Crippen LogP contribution in [0.3, 0.4) is 0 Å². The molecule has 0 bridgehead atoms. The fraction of sp³-hybridized carbons (Fsp3) is 0.250. The largest absolute Gasteiger partial charge is 0.481 e. The Bertz CT molecular complexity index is 572. The summed E-state index contributed by atoms with van der Waals surface area (Å²) in [5.74, 6) is -0.844. The molecule has 0 aliphatic carbocycles. The van der Waals surface area contributed by atoms with Crippen molar-refractivity contribution in [3.63, 3.8) is 0 Å². The van der Waals surface area contributed by atoms with Gasteiger partial charge in [-0.2, -0.15) is 0 Å². The van der Waals surface area contributed by atoms with E-state index in [1.165, 1.54) is 0 Å². The van der Waals surface area contributed by atoms with Crippen molar-refractivity contribution < 1.29 is 9.90 Å². The molecule has 1 aromatic heterocycles. The van der Waals surface area contributed by atoms with E-state index in [9.17, 15) is 4.79 Å². The van der Waals surface area contributed by atoms with Gasteiger partial charge in [-0.25, -0.2) is 0 Å². The highest BCUT2D eigenvalue weighted by atomic mass is 35.5. The molecule has 0 saturated carbocycles. The van der Waals surface area contributed by atoms with Crippen LogP contribution in [0.1, 0.15) is 11.3 Å². The van der Waals surface area contributed by atoms with Crippen molar-refractivity contribution in [1.29, 1.82) is 0 Å². The summed E-state index contributed by atoms with van der Waals surface area (Å²) in [7, 11) is 1.94. The molecule has 84 valence electrons. The number of carboxylic acids is 1. The predicted octanol–water partition coefficient (Wildman–Crippen LogP) is 2.77. The summed E-state index contributed by atoms with van der Waals surface area (Å²) in [6, 6.07) is 5.60. The summed E-state index contributed by atoms with van der Waals surface area (Å²) in [5.41, 5.74) is 2.79. The van der Waals surface area contributed by atoms with E-state index in [0.29, 0.717) is 5.02 Å². The molecule has 1 heterocycles. The molecule has 0 radical (unpaired) electrons. The van der Waals surface area contributed by atoms with E-state index in [-0.39, 0.29) is 6.42 Å². The summed E-state index contributed by atoms with van der Waals surface area (Å²) >= 11 is 6.15. The summed E-state index contributed by atoms with van der Waals surface area (Å²) in [5, 5.41) is 10.3. The number of carboxylic acid groups (broad SMARTS) is 1. The number of halogens is 1. The molecule has 0 aliphatic heterocycles. The highest BCUT2D eigenvalue weighted by Gasteiger charge is 2.09. The number of benzene rings is 1. The van der Waals surface area contributed by atoms with Gasteiger partial charge in [0.15, 0.2) is 0 Å². The van der Waals surface area contributed by atoms with Crippen molar-refractivity contribution in [2.75, 3.05) is 0 Å². The van der Waals surface area contributed by atoms with Gasteiger partial charge in [-0.1, -0.05) is 11.6 Å². The van der Waals surface area contributed by atoms with E-state index in [2.05, 4.69) is 0 Å². The van der Waals surface area contributed by atoms with Crippen LogP contribution in [0.5, 0.6) is 0 Å². The van der Waals surface area contributed by atoms with Crippen LogP contribution in [0.2, 0.25) is 5.02 Å². The number of rotatable bonds is 2. The average Bonchev–Trinajstić information content (AvgIpc) is 2.41. The Kier molecular flexibility index (Phi) is 2.64. The first-order chi connectivity index (χ1) is 7.49. The fourth-order valence-corrected chi connectivity index (χ4v) is 2.29. The van der Waals surface area contributed by atoms with Gasteiger partial charge < -0.3 is 9.67 Å². The van der Waals surface area contributed by atoms with Crippen LogP contribution in [0, 0.1) is 6.92 Å². The first-order valence-corrected chi connectivity index (χ1v) is 5.33. The third-order valence-electron chi connectivity index (χ3n) is 2.74. The Morgan fingerprint density at radius 3 is 2.75 bits per heavy atom. The minimum atomic E-state index is -0.844. The Morgan fingerprint density at radius 2 is 2.12 bits per heavy atom. The van der Waals surface area contributed by atoms with Crippen molar-refractivity contribution in [1.82, 2.24) is 4.57 Å². The van der Waals surface area contributed by atoms with Gasteiger partial charge in [0.2, 0.25) is 0 Å². The van der Waals surface area contributed by atoms with Crippen LogP contribution in [-0.4, -0.2) is 15.6 Å². The van der Waals surface area contributed by atoms with Gasteiger partial charge in [-0.3, -0.25) is 4.79 Å². The maximum absolute atomic E-state index is 10.6. The lowest BCUT2D eigenvalue weighted by atomic mass is 10.1. The molecule has 0 aliphatic rings. The number of aryl methyl sites for hydroxylation is 2. The topological polar surface area (TPSA) is 42.2 Å². The zero-order valence-corrected chi connectivity index (χ0v) is 9.88. The highest BCUT2D eigenvalue weighted by Crippen LogP contribution is 2.28. The summed E-state index contributed by atoms with van der Waals surface area (Å²) in [6.45, 7) is 1.99.